The normalized spacial score (nSPS) is 12.8. The molecule has 78 valence electrons. The molecule has 1 aromatic carbocycles. The van der Waals surface area contributed by atoms with Crippen LogP contribution in [0.15, 0.2) is 24.3 Å². The monoisotopic (exact) mass is 193 g/mol. The van der Waals surface area contributed by atoms with Gasteiger partial charge in [-0.2, -0.15) is 0 Å². The number of unbranched alkanes of at least 4 members (excludes halogenated alkanes) is 1. The van der Waals surface area contributed by atoms with Crippen LogP contribution in [0.3, 0.4) is 0 Å². The van der Waals surface area contributed by atoms with E-state index in [1.807, 2.05) is 12.1 Å². The number of aliphatic hydroxyl groups is 1. The fourth-order valence-electron chi connectivity index (χ4n) is 1.42. The first kappa shape index (κ1) is 11.2. The SMILES string of the molecule is CCCCc1ccc(C(N)CO)cc1. The Morgan fingerprint density at radius 1 is 1.29 bits per heavy atom. The molecule has 2 heteroatoms. The summed E-state index contributed by atoms with van der Waals surface area (Å²) in [6.07, 6.45) is 3.58. The minimum Gasteiger partial charge on any atom is -0.394 e. The summed E-state index contributed by atoms with van der Waals surface area (Å²) in [6, 6.07) is 7.97. The van der Waals surface area contributed by atoms with E-state index in [4.69, 9.17) is 10.8 Å². The lowest BCUT2D eigenvalue weighted by Crippen LogP contribution is -2.14. The summed E-state index contributed by atoms with van der Waals surface area (Å²) in [5, 5.41) is 8.87. The van der Waals surface area contributed by atoms with E-state index in [2.05, 4.69) is 19.1 Å². The highest BCUT2D eigenvalue weighted by Gasteiger charge is 2.02. The first-order chi connectivity index (χ1) is 6.77. The summed E-state index contributed by atoms with van der Waals surface area (Å²) in [5.74, 6) is 0. The van der Waals surface area contributed by atoms with Crippen molar-refractivity contribution in [1.82, 2.24) is 0 Å². The summed E-state index contributed by atoms with van der Waals surface area (Å²) < 4.78 is 0. The zero-order valence-corrected chi connectivity index (χ0v) is 8.74. The van der Waals surface area contributed by atoms with Gasteiger partial charge in [0.05, 0.1) is 12.6 Å². The van der Waals surface area contributed by atoms with E-state index in [0.717, 1.165) is 12.0 Å². The van der Waals surface area contributed by atoms with Crippen LogP contribution in [0, 0.1) is 0 Å². The van der Waals surface area contributed by atoms with E-state index in [1.165, 1.54) is 18.4 Å². The van der Waals surface area contributed by atoms with Crippen LogP contribution >= 0.6 is 0 Å². The standard InChI is InChI=1S/C12H19NO/c1-2-3-4-10-5-7-11(8-6-10)12(13)9-14/h5-8,12,14H,2-4,9,13H2,1H3. The van der Waals surface area contributed by atoms with Crippen molar-refractivity contribution >= 4 is 0 Å². The molecule has 1 atom stereocenters. The molecule has 0 aromatic heterocycles. The number of nitrogens with two attached hydrogens (primary N) is 1. The Labute approximate surface area is 85.8 Å². The third-order valence-electron chi connectivity index (χ3n) is 2.42. The second-order valence-corrected chi connectivity index (χ2v) is 3.63. The summed E-state index contributed by atoms with van der Waals surface area (Å²) in [7, 11) is 0. The Kier molecular flexibility index (Phi) is 4.63. The molecule has 0 fully saturated rings. The molecule has 3 N–H and O–H groups in total. The second kappa shape index (κ2) is 5.78. The van der Waals surface area contributed by atoms with E-state index < -0.39 is 0 Å². The van der Waals surface area contributed by atoms with Gasteiger partial charge in [0.2, 0.25) is 0 Å². The average Bonchev–Trinajstić information content (AvgIpc) is 2.26. The molecular formula is C12H19NO. The molecule has 0 spiro atoms. The Hall–Kier alpha value is -0.860. The molecule has 0 amide bonds. The van der Waals surface area contributed by atoms with E-state index in [9.17, 15) is 0 Å². The lowest BCUT2D eigenvalue weighted by Gasteiger charge is -2.08. The van der Waals surface area contributed by atoms with Gasteiger partial charge in [-0.15, -0.1) is 0 Å². The van der Waals surface area contributed by atoms with Crippen LogP contribution in [0.25, 0.3) is 0 Å². The van der Waals surface area contributed by atoms with E-state index in [1.54, 1.807) is 0 Å². The Balaban J connectivity index is 2.59. The minimum absolute atomic E-state index is 0.00824. The number of aryl methyl sites for hydroxylation is 1. The van der Waals surface area contributed by atoms with Crippen molar-refractivity contribution in [2.24, 2.45) is 5.73 Å². The first-order valence-electron chi connectivity index (χ1n) is 5.23. The summed E-state index contributed by atoms with van der Waals surface area (Å²) in [5.41, 5.74) is 8.05. The molecule has 1 aromatic rings. The van der Waals surface area contributed by atoms with Crippen LogP contribution in [0.1, 0.15) is 36.9 Å². The van der Waals surface area contributed by atoms with Gasteiger partial charge >= 0.3 is 0 Å². The molecule has 0 aliphatic rings. The van der Waals surface area contributed by atoms with Gasteiger partial charge < -0.3 is 10.8 Å². The van der Waals surface area contributed by atoms with Crippen molar-refractivity contribution in [2.45, 2.75) is 32.2 Å². The summed E-state index contributed by atoms with van der Waals surface area (Å²) in [6.45, 7) is 2.20. The van der Waals surface area contributed by atoms with E-state index in [-0.39, 0.29) is 12.6 Å². The summed E-state index contributed by atoms with van der Waals surface area (Å²) in [4.78, 5) is 0. The van der Waals surface area contributed by atoms with Crippen molar-refractivity contribution in [1.29, 1.82) is 0 Å². The average molecular weight is 193 g/mol. The van der Waals surface area contributed by atoms with Crippen LogP contribution in [0.5, 0.6) is 0 Å². The highest BCUT2D eigenvalue weighted by molar-refractivity contribution is 5.24. The fourth-order valence-corrected chi connectivity index (χ4v) is 1.42. The van der Waals surface area contributed by atoms with Crippen LogP contribution in [-0.4, -0.2) is 11.7 Å². The smallest absolute Gasteiger partial charge is 0.0624 e. The number of aliphatic hydroxyl groups excluding tert-OH is 1. The molecule has 0 saturated heterocycles. The molecule has 14 heavy (non-hydrogen) atoms. The molecule has 0 bridgehead atoms. The third kappa shape index (κ3) is 3.13. The van der Waals surface area contributed by atoms with Gasteiger partial charge in [0, 0.05) is 0 Å². The van der Waals surface area contributed by atoms with Crippen LogP contribution < -0.4 is 5.73 Å². The number of hydrogen-bond donors (Lipinski definition) is 2. The number of hydrogen-bond acceptors (Lipinski definition) is 2. The Morgan fingerprint density at radius 2 is 1.93 bits per heavy atom. The lowest BCUT2D eigenvalue weighted by atomic mass is 10.0. The van der Waals surface area contributed by atoms with Crippen molar-refractivity contribution in [3.8, 4) is 0 Å². The molecule has 2 nitrogen and oxygen atoms in total. The zero-order chi connectivity index (χ0) is 10.4. The van der Waals surface area contributed by atoms with Gasteiger partial charge in [-0.05, 0) is 24.0 Å². The topological polar surface area (TPSA) is 46.2 Å². The molecule has 0 aliphatic heterocycles. The second-order valence-electron chi connectivity index (χ2n) is 3.63. The van der Waals surface area contributed by atoms with Crippen LogP contribution in [0.4, 0.5) is 0 Å². The summed E-state index contributed by atoms with van der Waals surface area (Å²) >= 11 is 0. The van der Waals surface area contributed by atoms with Gasteiger partial charge in [-0.3, -0.25) is 0 Å². The quantitative estimate of drug-likeness (QED) is 0.751. The van der Waals surface area contributed by atoms with Crippen molar-refractivity contribution in [3.05, 3.63) is 35.4 Å². The van der Waals surface area contributed by atoms with E-state index in [0.29, 0.717) is 0 Å². The maximum Gasteiger partial charge on any atom is 0.0624 e. The van der Waals surface area contributed by atoms with Gasteiger partial charge in [0.1, 0.15) is 0 Å². The van der Waals surface area contributed by atoms with Crippen molar-refractivity contribution < 1.29 is 5.11 Å². The third-order valence-corrected chi connectivity index (χ3v) is 2.42. The van der Waals surface area contributed by atoms with Gasteiger partial charge in [0.15, 0.2) is 0 Å². The Bertz CT molecular complexity index is 256. The highest BCUT2D eigenvalue weighted by atomic mass is 16.3. The largest absolute Gasteiger partial charge is 0.394 e. The highest BCUT2D eigenvalue weighted by Crippen LogP contribution is 2.12. The van der Waals surface area contributed by atoms with Gasteiger partial charge in [-0.1, -0.05) is 37.6 Å². The lowest BCUT2D eigenvalue weighted by molar-refractivity contribution is 0.268. The number of rotatable bonds is 5. The van der Waals surface area contributed by atoms with Crippen molar-refractivity contribution in [2.75, 3.05) is 6.61 Å². The molecule has 0 aliphatic carbocycles. The molecule has 0 saturated carbocycles. The Morgan fingerprint density at radius 3 is 2.43 bits per heavy atom. The minimum atomic E-state index is -0.241. The van der Waals surface area contributed by atoms with Gasteiger partial charge in [0.25, 0.3) is 0 Å². The van der Waals surface area contributed by atoms with Crippen molar-refractivity contribution in [3.63, 3.8) is 0 Å². The van der Waals surface area contributed by atoms with E-state index >= 15 is 0 Å². The molecule has 0 heterocycles. The van der Waals surface area contributed by atoms with Crippen LogP contribution in [0.2, 0.25) is 0 Å². The maximum absolute atomic E-state index is 8.87. The van der Waals surface area contributed by atoms with Gasteiger partial charge in [-0.25, -0.2) is 0 Å². The number of benzene rings is 1. The van der Waals surface area contributed by atoms with Crippen LogP contribution in [-0.2, 0) is 6.42 Å². The predicted molar refractivity (Wildman–Crippen MR) is 59.1 cm³/mol. The molecular weight excluding hydrogens is 174 g/mol. The molecule has 1 rings (SSSR count). The predicted octanol–water partition coefficient (Wildman–Crippen LogP) is 2.02. The zero-order valence-electron chi connectivity index (χ0n) is 8.74. The molecule has 0 radical (unpaired) electrons. The first-order valence-corrected chi connectivity index (χ1v) is 5.23. The molecule has 1 unspecified atom stereocenters. The maximum atomic E-state index is 8.87. The fraction of sp³-hybridized carbons (Fsp3) is 0.500.